The Balaban J connectivity index is 0.000000280. The molecule has 4 atom stereocenters. The first kappa shape index (κ1) is 25.4. The molecule has 2 nitrogen and oxygen atoms in total. The van der Waals surface area contributed by atoms with Crippen molar-refractivity contribution in [2.45, 2.75) is 107 Å². The average molecular weight is 393 g/mol. The highest BCUT2D eigenvalue weighted by Crippen LogP contribution is 2.38. The summed E-state index contributed by atoms with van der Waals surface area (Å²) in [5.41, 5.74) is 0. The van der Waals surface area contributed by atoms with Crippen LogP contribution in [-0.2, 0) is 9.59 Å². The molecular formula is C26H48O2. The molecule has 0 saturated heterocycles. The van der Waals surface area contributed by atoms with Gasteiger partial charge in [-0.05, 0) is 68.6 Å². The van der Waals surface area contributed by atoms with Gasteiger partial charge in [-0.3, -0.25) is 9.59 Å². The molecule has 2 fully saturated rings. The van der Waals surface area contributed by atoms with E-state index in [1.54, 1.807) is 0 Å². The molecule has 0 N–H and O–H groups in total. The Bertz CT molecular complexity index is 475. The molecule has 4 unspecified atom stereocenters. The Morgan fingerprint density at radius 2 is 1.29 bits per heavy atom. The van der Waals surface area contributed by atoms with Crippen LogP contribution in [0.5, 0.6) is 0 Å². The number of ketones is 2. The Morgan fingerprint density at radius 3 is 1.79 bits per heavy atom. The number of Topliss-reactive ketones (excluding diaryl/α,β-unsaturated/α-hetero) is 2. The van der Waals surface area contributed by atoms with E-state index in [1.807, 2.05) is 27.7 Å². The van der Waals surface area contributed by atoms with Crippen LogP contribution in [0.25, 0.3) is 0 Å². The molecule has 2 aliphatic rings. The van der Waals surface area contributed by atoms with Gasteiger partial charge in [-0.25, -0.2) is 0 Å². The van der Waals surface area contributed by atoms with Gasteiger partial charge >= 0.3 is 0 Å². The summed E-state index contributed by atoms with van der Waals surface area (Å²) in [5, 5.41) is 0. The molecule has 28 heavy (non-hydrogen) atoms. The highest BCUT2D eigenvalue weighted by atomic mass is 16.1. The van der Waals surface area contributed by atoms with Gasteiger partial charge in [0.1, 0.15) is 11.6 Å². The van der Waals surface area contributed by atoms with Crippen molar-refractivity contribution in [1.82, 2.24) is 0 Å². The molecule has 0 aromatic heterocycles. The zero-order chi connectivity index (χ0) is 21.4. The number of rotatable bonds is 8. The van der Waals surface area contributed by atoms with E-state index in [0.29, 0.717) is 29.3 Å². The van der Waals surface area contributed by atoms with Crippen LogP contribution in [0.2, 0.25) is 0 Å². The molecule has 2 heteroatoms. The van der Waals surface area contributed by atoms with E-state index in [-0.39, 0.29) is 11.8 Å². The van der Waals surface area contributed by atoms with E-state index >= 15 is 0 Å². The molecule has 2 rings (SSSR count). The van der Waals surface area contributed by atoms with Crippen LogP contribution in [0.1, 0.15) is 107 Å². The molecule has 0 radical (unpaired) electrons. The van der Waals surface area contributed by atoms with Crippen molar-refractivity contribution in [3.05, 3.63) is 0 Å². The molecule has 0 aromatic rings. The molecule has 0 spiro atoms. The standard InChI is InChI=1S/2C13H24O/c1-9(2)7-11-5-6-12(8-11)13(14)10(3)4;1-9(2)8-11-6-5-7-12(11)13(14)10(3)4/h2*9-12H,5-8H2,1-4H3. The third-order valence-electron chi connectivity index (χ3n) is 6.69. The summed E-state index contributed by atoms with van der Waals surface area (Å²) in [6, 6.07) is 0. The van der Waals surface area contributed by atoms with Crippen LogP contribution in [0.4, 0.5) is 0 Å². The fourth-order valence-electron chi connectivity index (χ4n) is 5.41. The minimum atomic E-state index is 0.229. The molecule has 0 heterocycles. The first-order chi connectivity index (χ1) is 13.0. The van der Waals surface area contributed by atoms with E-state index in [2.05, 4.69) is 27.7 Å². The topological polar surface area (TPSA) is 34.1 Å². The van der Waals surface area contributed by atoms with Crippen molar-refractivity contribution in [1.29, 1.82) is 0 Å². The number of hydrogen-bond donors (Lipinski definition) is 0. The molecule has 2 saturated carbocycles. The Kier molecular flexibility index (Phi) is 11.0. The zero-order valence-corrected chi connectivity index (χ0v) is 20.1. The number of hydrogen-bond acceptors (Lipinski definition) is 2. The van der Waals surface area contributed by atoms with E-state index in [4.69, 9.17) is 0 Å². The Hall–Kier alpha value is -0.660. The molecule has 0 aliphatic heterocycles. The van der Waals surface area contributed by atoms with Gasteiger partial charge in [0.25, 0.3) is 0 Å². The van der Waals surface area contributed by atoms with Crippen LogP contribution in [-0.4, -0.2) is 11.6 Å². The Morgan fingerprint density at radius 1 is 0.714 bits per heavy atom. The maximum Gasteiger partial charge on any atom is 0.138 e. The van der Waals surface area contributed by atoms with E-state index in [1.165, 1.54) is 32.1 Å². The first-order valence-corrected chi connectivity index (χ1v) is 12.1. The van der Waals surface area contributed by atoms with Crippen LogP contribution in [0.3, 0.4) is 0 Å². The van der Waals surface area contributed by atoms with Gasteiger partial charge in [0.2, 0.25) is 0 Å². The van der Waals surface area contributed by atoms with Crippen molar-refractivity contribution in [2.75, 3.05) is 0 Å². The predicted molar refractivity (Wildman–Crippen MR) is 120 cm³/mol. The lowest BCUT2D eigenvalue weighted by Crippen LogP contribution is -2.24. The maximum atomic E-state index is 11.9. The van der Waals surface area contributed by atoms with Gasteiger partial charge in [0.15, 0.2) is 0 Å². The van der Waals surface area contributed by atoms with Gasteiger partial charge in [0, 0.05) is 23.7 Å². The summed E-state index contributed by atoms with van der Waals surface area (Å²) in [6.45, 7) is 17.2. The monoisotopic (exact) mass is 392 g/mol. The van der Waals surface area contributed by atoms with E-state index in [9.17, 15) is 9.59 Å². The second-order valence-corrected chi connectivity index (χ2v) is 11.0. The highest BCUT2D eigenvalue weighted by Gasteiger charge is 2.34. The summed E-state index contributed by atoms with van der Waals surface area (Å²) in [6.07, 6.45) is 9.83. The van der Waals surface area contributed by atoms with E-state index < -0.39 is 0 Å². The van der Waals surface area contributed by atoms with Crippen LogP contribution < -0.4 is 0 Å². The molecule has 0 aromatic carbocycles. The minimum absolute atomic E-state index is 0.229. The fraction of sp³-hybridized carbons (Fsp3) is 0.923. The Labute approximate surface area is 175 Å². The third kappa shape index (κ3) is 8.37. The van der Waals surface area contributed by atoms with Gasteiger partial charge in [0.05, 0.1) is 0 Å². The lowest BCUT2D eigenvalue weighted by Gasteiger charge is -2.21. The summed E-state index contributed by atoms with van der Waals surface area (Å²) >= 11 is 0. The van der Waals surface area contributed by atoms with Gasteiger partial charge < -0.3 is 0 Å². The average Bonchev–Trinajstić information content (AvgIpc) is 3.22. The summed E-state index contributed by atoms with van der Waals surface area (Å²) < 4.78 is 0. The zero-order valence-electron chi connectivity index (χ0n) is 20.1. The lowest BCUT2D eigenvalue weighted by molar-refractivity contribution is -0.127. The largest absolute Gasteiger partial charge is 0.299 e. The quantitative estimate of drug-likeness (QED) is 0.433. The summed E-state index contributed by atoms with van der Waals surface area (Å²) in [4.78, 5) is 23.7. The van der Waals surface area contributed by atoms with E-state index in [0.717, 1.165) is 37.0 Å². The molecular weight excluding hydrogens is 344 g/mol. The van der Waals surface area contributed by atoms with Gasteiger partial charge in [-0.2, -0.15) is 0 Å². The minimum Gasteiger partial charge on any atom is -0.299 e. The normalized spacial score (nSPS) is 27.6. The predicted octanol–water partition coefficient (Wildman–Crippen LogP) is 7.35. The molecule has 0 bridgehead atoms. The molecule has 164 valence electrons. The maximum absolute atomic E-state index is 11.9. The fourth-order valence-corrected chi connectivity index (χ4v) is 5.41. The van der Waals surface area contributed by atoms with Crippen LogP contribution >= 0.6 is 0 Å². The van der Waals surface area contributed by atoms with Crippen LogP contribution in [0.15, 0.2) is 0 Å². The van der Waals surface area contributed by atoms with Crippen molar-refractivity contribution >= 4 is 11.6 Å². The SMILES string of the molecule is CC(C)CC1CCC(C(=O)C(C)C)C1.CC(C)CC1CCCC1C(=O)C(C)C. The van der Waals surface area contributed by atoms with Gasteiger partial charge in [-0.15, -0.1) is 0 Å². The summed E-state index contributed by atoms with van der Waals surface area (Å²) in [5.74, 6) is 5.27. The number of carbonyl (C=O) groups is 2. The van der Waals surface area contributed by atoms with Crippen molar-refractivity contribution in [2.24, 2.45) is 47.3 Å². The van der Waals surface area contributed by atoms with Crippen molar-refractivity contribution in [3.8, 4) is 0 Å². The first-order valence-electron chi connectivity index (χ1n) is 12.1. The molecule has 2 aliphatic carbocycles. The summed E-state index contributed by atoms with van der Waals surface area (Å²) in [7, 11) is 0. The number of carbonyl (C=O) groups excluding carboxylic acids is 2. The molecule has 0 amide bonds. The van der Waals surface area contributed by atoms with Gasteiger partial charge in [-0.1, -0.05) is 61.8 Å². The van der Waals surface area contributed by atoms with Crippen molar-refractivity contribution < 1.29 is 9.59 Å². The van der Waals surface area contributed by atoms with Crippen molar-refractivity contribution in [3.63, 3.8) is 0 Å². The second kappa shape index (κ2) is 12.1. The van der Waals surface area contributed by atoms with Crippen LogP contribution in [0, 0.1) is 47.3 Å². The highest BCUT2D eigenvalue weighted by molar-refractivity contribution is 5.83. The second-order valence-electron chi connectivity index (χ2n) is 11.0. The lowest BCUT2D eigenvalue weighted by atomic mass is 9.82. The third-order valence-corrected chi connectivity index (χ3v) is 6.69. The smallest absolute Gasteiger partial charge is 0.138 e.